The molecule has 0 bridgehead atoms. The van der Waals surface area contributed by atoms with E-state index in [1.165, 1.54) is 4.90 Å². The van der Waals surface area contributed by atoms with E-state index in [-0.39, 0.29) is 6.04 Å². The number of rotatable bonds is 3. The van der Waals surface area contributed by atoms with Crippen molar-refractivity contribution in [3.63, 3.8) is 0 Å². The Balaban J connectivity index is 1.73. The highest BCUT2D eigenvalue weighted by atomic mass is 35.6. The van der Waals surface area contributed by atoms with Gasteiger partial charge < -0.3 is 4.74 Å². The molecule has 0 aliphatic carbocycles. The van der Waals surface area contributed by atoms with Gasteiger partial charge in [0.1, 0.15) is 0 Å². The lowest BCUT2D eigenvalue weighted by molar-refractivity contribution is 0.0842. The van der Waals surface area contributed by atoms with E-state index in [4.69, 9.17) is 62.7 Å². The lowest BCUT2D eigenvalue weighted by atomic mass is 10.1. The normalized spacial score (nSPS) is 18.0. The minimum Gasteiger partial charge on any atom is -0.437 e. The highest BCUT2D eigenvalue weighted by Crippen LogP contribution is 2.45. The van der Waals surface area contributed by atoms with Gasteiger partial charge in [-0.1, -0.05) is 94.4 Å². The van der Waals surface area contributed by atoms with Crippen molar-refractivity contribution in [2.45, 2.75) is 15.9 Å². The summed E-state index contributed by atoms with van der Waals surface area (Å²) < 4.78 is 3.67. The van der Waals surface area contributed by atoms with Gasteiger partial charge in [-0.25, -0.2) is 4.79 Å². The van der Waals surface area contributed by atoms with E-state index in [1.54, 1.807) is 42.5 Å². The molecule has 2 aromatic carbocycles. The Morgan fingerprint density at radius 3 is 2.40 bits per heavy atom. The summed E-state index contributed by atoms with van der Waals surface area (Å²) >= 11 is 30.1. The van der Waals surface area contributed by atoms with E-state index in [1.807, 2.05) is 6.07 Å². The molecule has 3 nitrogen and oxygen atoms in total. The van der Waals surface area contributed by atoms with Crippen LogP contribution in [0.1, 0.15) is 23.3 Å². The molecule has 0 spiro atoms. The molecule has 0 N–H and O–H groups in total. The van der Waals surface area contributed by atoms with Crippen LogP contribution < -0.4 is 0 Å². The molecule has 3 rings (SSSR count). The third-order valence-electron chi connectivity index (χ3n) is 3.79. The Morgan fingerprint density at radius 1 is 1.12 bits per heavy atom. The SMILES string of the molecule is O=C(O[C@H](c1ccccc1)C(Cl)(Cl)Cl)N1C[C@H]1c1ccc(Cl)cc1Cl. The van der Waals surface area contributed by atoms with Crippen molar-refractivity contribution in [3.8, 4) is 0 Å². The number of hydrogen-bond acceptors (Lipinski definition) is 2. The zero-order valence-corrected chi connectivity index (χ0v) is 16.4. The van der Waals surface area contributed by atoms with E-state index in [9.17, 15) is 4.79 Å². The molecule has 8 heteroatoms. The third-order valence-corrected chi connectivity index (χ3v) is 4.94. The van der Waals surface area contributed by atoms with Crippen molar-refractivity contribution in [2.24, 2.45) is 0 Å². The molecule has 25 heavy (non-hydrogen) atoms. The van der Waals surface area contributed by atoms with Crippen LogP contribution in [-0.2, 0) is 4.74 Å². The average Bonchev–Trinajstić information content (AvgIpc) is 3.32. The van der Waals surface area contributed by atoms with Crippen LogP contribution in [0.3, 0.4) is 0 Å². The number of ether oxygens (including phenoxy) is 1. The van der Waals surface area contributed by atoms with Gasteiger partial charge in [0, 0.05) is 16.6 Å². The van der Waals surface area contributed by atoms with Gasteiger partial charge in [-0.05, 0) is 23.3 Å². The Bertz CT molecular complexity index is 778. The fourth-order valence-corrected chi connectivity index (χ4v) is 3.55. The van der Waals surface area contributed by atoms with E-state index < -0.39 is 16.0 Å². The van der Waals surface area contributed by atoms with Crippen molar-refractivity contribution in [3.05, 3.63) is 69.7 Å². The fraction of sp³-hybridized carbons (Fsp3) is 0.235. The molecule has 2 atom stereocenters. The summed E-state index contributed by atoms with van der Waals surface area (Å²) in [4.78, 5) is 14.0. The predicted molar refractivity (Wildman–Crippen MR) is 102 cm³/mol. The van der Waals surface area contributed by atoms with Crippen LogP contribution in [0.5, 0.6) is 0 Å². The summed E-state index contributed by atoms with van der Waals surface area (Å²) in [6.45, 7) is 0.474. The van der Waals surface area contributed by atoms with Gasteiger partial charge in [0.15, 0.2) is 6.10 Å². The maximum Gasteiger partial charge on any atom is 0.411 e. The molecule has 2 aromatic rings. The van der Waals surface area contributed by atoms with Gasteiger partial charge in [0.2, 0.25) is 3.79 Å². The van der Waals surface area contributed by atoms with Gasteiger partial charge in [0.05, 0.1) is 6.04 Å². The molecule has 0 saturated carbocycles. The summed E-state index contributed by atoms with van der Waals surface area (Å²) in [6.07, 6.45) is -1.59. The van der Waals surface area contributed by atoms with Crippen LogP contribution in [0, 0.1) is 0 Å². The molecule has 1 fully saturated rings. The van der Waals surface area contributed by atoms with Crippen molar-refractivity contribution in [1.82, 2.24) is 4.90 Å². The number of amides is 1. The predicted octanol–water partition coefficient (Wildman–Crippen LogP) is 6.60. The zero-order chi connectivity index (χ0) is 18.2. The first kappa shape index (κ1) is 18.9. The highest BCUT2D eigenvalue weighted by molar-refractivity contribution is 6.68. The minimum atomic E-state index is -1.79. The van der Waals surface area contributed by atoms with Gasteiger partial charge in [0.25, 0.3) is 0 Å². The van der Waals surface area contributed by atoms with E-state index in [0.29, 0.717) is 22.2 Å². The van der Waals surface area contributed by atoms with Crippen molar-refractivity contribution in [2.75, 3.05) is 6.54 Å². The first-order valence-electron chi connectivity index (χ1n) is 7.31. The second-order valence-corrected chi connectivity index (χ2v) is 8.76. The first-order valence-corrected chi connectivity index (χ1v) is 9.20. The van der Waals surface area contributed by atoms with Crippen molar-refractivity contribution < 1.29 is 9.53 Å². The van der Waals surface area contributed by atoms with Gasteiger partial charge in [-0.2, -0.15) is 0 Å². The van der Waals surface area contributed by atoms with Crippen LogP contribution >= 0.6 is 58.0 Å². The summed E-state index contributed by atoms with van der Waals surface area (Å²) in [5.41, 5.74) is 1.40. The Labute approximate surface area is 170 Å². The van der Waals surface area contributed by atoms with Crippen LogP contribution in [0.2, 0.25) is 10.0 Å². The van der Waals surface area contributed by atoms with E-state index in [0.717, 1.165) is 5.56 Å². The quantitative estimate of drug-likeness (QED) is 0.398. The average molecular weight is 440 g/mol. The van der Waals surface area contributed by atoms with Crippen LogP contribution in [0.15, 0.2) is 48.5 Å². The maximum atomic E-state index is 12.5. The summed E-state index contributed by atoms with van der Waals surface area (Å²) in [7, 11) is 0. The second kappa shape index (κ2) is 7.42. The third kappa shape index (κ3) is 4.47. The molecular weight excluding hydrogens is 427 g/mol. The number of alkyl halides is 3. The minimum absolute atomic E-state index is 0.177. The molecule has 1 saturated heterocycles. The van der Waals surface area contributed by atoms with E-state index in [2.05, 4.69) is 0 Å². The lowest BCUT2D eigenvalue weighted by Gasteiger charge is -2.25. The molecule has 1 aliphatic heterocycles. The molecule has 1 amide bonds. The number of nitrogens with zero attached hydrogens (tertiary/aromatic N) is 1. The molecule has 1 heterocycles. The largest absolute Gasteiger partial charge is 0.437 e. The summed E-state index contributed by atoms with van der Waals surface area (Å²) in [6, 6.07) is 13.8. The Hall–Kier alpha value is -0.840. The number of halogens is 5. The Morgan fingerprint density at radius 2 is 1.80 bits per heavy atom. The van der Waals surface area contributed by atoms with Crippen LogP contribution in [0.25, 0.3) is 0 Å². The Kier molecular flexibility index (Phi) is 5.62. The zero-order valence-electron chi connectivity index (χ0n) is 12.6. The van der Waals surface area contributed by atoms with Gasteiger partial charge >= 0.3 is 6.09 Å². The molecule has 1 aliphatic rings. The smallest absolute Gasteiger partial charge is 0.411 e. The first-order chi connectivity index (χ1) is 11.8. The molecule has 132 valence electrons. The van der Waals surface area contributed by atoms with Crippen molar-refractivity contribution in [1.29, 1.82) is 0 Å². The topological polar surface area (TPSA) is 29.3 Å². The number of carbonyl (C=O) groups excluding carboxylic acids is 1. The van der Waals surface area contributed by atoms with Crippen LogP contribution in [-0.4, -0.2) is 21.3 Å². The highest BCUT2D eigenvalue weighted by Gasteiger charge is 2.45. The van der Waals surface area contributed by atoms with E-state index >= 15 is 0 Å². The van der Waals surface area contributed by atoms with Crippen molar-refractivity contribution >= 4 is 64.1 Å². The van der Waals surface area contributed by atoms with Crippen LogP contribution in [0.4, 0.5) is 4.79 Å². The fourth-order valence-electron chi connectivity index (χ4n) is 2.50. The summed E-state index contributed by atoms with van der Waals surface area (Å²) in [5.74, 6) is 0. The van der Waals surface area contributed by atoms with Gasteiger partial charge in [-0.15, -0.1) is 0 Å². The monoisotopic (exact) mass is 437 g/mol. The summed E-state index contributed by atoms with van der Waals surface area (Å²) in [5, 5.41) is 1.03. The molecule has 0 aromatic heterocycles. The number of carbonyl (C=O) groups is 1. The molecular formula is C17H12Cl5NO2. The number of hydrogen-bond donors (Lipinski definition) is 0. The number of benzene rings is 2. The maximum absolute atomic E-state index is 12.5. The molecule has 0 unspecified atom stereocenters. The standard InChI is InChI=1S/C17H12Cl5NO2/c18-11-6-7-12(13(19)8-11)14-9-23(14)16(24)25-15(17(20,21)22)10-4-2-1-3-5-10/h1-8,14-15H,9H2/t14-,15+,23?/m0/s1. The molecule has 0 radical (unpaired) electrons. The lowest BCUT2D eigenvalue weighted by Crippen LogP contribution is -2.26. The van der Waals surface area contributed by atoms with Gasteiger partial charge in [-0.3, -0.25) is 4.90 Å². The second-order valence-electron chi connectivity index (χ2n) is 5.55.